The summed E-state index contributed by atoms with van der Waals surface area (Å²) in [6.45, 7) is 5.28. The number of ether oxygens (including phenoxy) is 1. The molecule has 0 spiro atoms. The van der Waals surface area contributed by atoms with Crippen LogP contribution in [-0.4, -0.2) is 24.0 Å². The molecule has 0 aliphatic heterocycles. The zero-order valence-electron chi connectivity index (χ0n) is 14.1. The van der Waals surface area contributed by atoms with Crippen molar-refractivity contribution >= 4 is 11.9 Å². The molecule has 2 N–H and O–H groups in total. The van der Waals surface area contributed by atoms with Crippen molar-refractivity contribution in [1.82, 2.24) is 10.3 Å². The Morgan fingerprint density at radius 2 is 1.88 bits per heavy atom. The number of hydrogen-bond donors (Lipinski definition) is 2. The van der Waals surface area contributed by atoms with Gasteiger partial charge in [0.25, 0.3) is 5.91 Å². The van der Waals surface area contributed by atoms with Gasteiger partial charge in [0.1, 0.15) is 5.69 Å². The predicted octanol–water partition coefficient (Wildman–Crippen LogP) is 2.78. The van der Waals surface area contributed by atoms with E-state index in [4.69, 9.17) is 10.00 Å². The predicted molar refractivity (Wildman–Crippen MR) is 88.6 cm³/mol. The molecule has 6 heteroatoms. The first-order chi connectivity index (χ1) is 11.4. The third-order valence-electron chi connectivity index (χ3n) is 3.94. The third-order valence-corrected chi connectivity index (χ3v) is 3.94. The first-order valence-corrected chi connectivity index (χ1v) is 7.47. The van der Waals surface area contributed by atoms with Gasteiger partial charge in [0.05, 0.1) is 30.3 Å². The van der Waals surface area contributed by atoms with Crippen LogP contribution in [0.4, 0.5) is 0 Å². The second-order valence-corrected chi connectivity index (χ2v) is 5.55. The van der Waals surface area contributed by atoms with E-state index in [-0.39, 0.29) is 11.9 Å². The first kappa shape index (κ1) is 17.3. The molecule has 124 valence electrons. The molecule has 1 heterocycles. The Morgan fingerprint density at radius 3 is 2.42 bits per heavy atom. The highest BCUT2D eigenvalue weighted by atomic mass is 16.5. The highest BCUT2D eigenvalue weighted by molar-refractivity contribution is 6.00. The minimum Gasteiger partial charge on any atom is -0.465 e. The Bertz CT molecular complexity index is 813. The summed E-state index contributed by atoms with van der Waals surface area (Å²) >= 11 is 0. The lowest BCUT2D eigenvalue weighted by Crippen LogP contribution is -2.27. The molecule has 0 fully saturated rings. The fourth-order valence-electron chi connectivity index (χ4n) is 2.58. The zero-order valence-corrected chi connectivity index (χ0v) is 14.1. The van der Waals surface area contributed by atoms with Crippen LogP contribution >= 0.6 is 0 Å². The van der Waals surface area contributed by atoms with Gasteiger partial charge in [-0.15, -0.1) is 0 Å². The van der Waals surface area contributed by atoms with Crippen LogP contribution in [0.25, 0.3) is 0 Å². The number of nitriles is 1. The number of carbonyl (C=O) groups is 2. The molecule has 1 aromatic carbocycles. The third kappa shape index (κ3) is 3.30. The highest BCUT2D eigenvalue weighted by Gasteiger charge is 2.23. The van der Waals surface area contributed by atoms with Gasteiger partial charge >= 0.3 is 5.97 Å². The van der Waals surface area contributed by atoms with E-state index in [0.29, 0.717) is 28.1 Å². The summed E-state index contributed by atoms with van der Waals surface area (Å²) in [5.41, 5.74) is 3.33. The summed E-state index contributed by atoms with van der Waals surface area (Å²) in [6, 6.07) is 8.83. The number of rotatable bonds is 4. The fraction of sp³-hybridized carbons (Fsp3) is 0.278. The number of esters is 1. The molecule has 1 aromatic heterocycles. The number of aromatic nitrogens is 1. The lowest BCUT2D eigenvalue weighted by atomic mass is 10.1. The number of benzene rings is 1. The summed E-state index contributed by atoms with van der Waals surface area (Å²) in [7, 11) is 1.31. The Morgan fingerprint density at radius 1 is 1.25 bits per heavy atom. The summed E-state index contributed by atoms with van der Waals surface area (Å²) < 4.78 is 4.75. The number of H-pyrrole nitrogens is 1. The molecule has 1 atom stereocenters. The monoisotopic (exact) mass is 325 g/mol. The summed E-state index contributed by atoms with van der Waals surface area (Å²) in [5, 5.41) is 11.7. The van der Waals surface area contributed by atoms with Crippen molar-refractivity contribution in [2.24, 2.45) is 0 Å². The van der Waals surface area contributed by atoms with E-state index in [2.05, 4.69) is 16.4 Å². The molecule has 0 bridgehead atoms. The molecule has 24 heavy (non-hydrogen) atoms. The number of aryl methyl sites for hydroxylation is 1. The van der Waals surface area contributed by atoms with Gasteiger partial charge in [-0.1, -0.05) is 12.1 Å². The van der Waals surface area contributed by atoms with Crippen molar-refractivity contribution < 1.29 is 14.3 Å². The zero-order chi connectivity index (χ0) is 17.9. The standard InChI is InChI=1S/C18H19N3O3/c1-10-15(18(23)24-4)12(3)20-16(10)17(22)21-11(2)14-7-5-13(9-19)6-8-14/h5-8,11,20H,1-4H3,(H,21,22). The van der Waals surface area contributed by atoms with E-state index in [1.54, 1.807) is 38.1 Å². The first-order valence-electron chi connectivity index (χ1n) is 7.47. The summed E-state index contributed by atoms with van der Waals surface area (Å²) in [5.74, 6) is -0.775. The minimum absolute atomic E-state index is 0.241. The van der Waals surface area contributed by atoms with Crippen molar-refractivity contribution in [3.05, 3.63) is 57.9 Å². The Kier molecular flexibility index (Phi) is 5.05. The maximum Gasteiger partial charge on any atom is 0.339 e. The van der Waals surface area contributed by atoms with Crippen LogP contribution in [-0.2, 0) is 4.74 Å². The topological polar surface area (TPSA) is 95.0 Å². The molecule has 2 rings (SSSR count). The lowest BCUT2D eigenvalue weighted by molar-refractivity contribution is 0.0599. The van der Waals surface area contributed by atoms with E-state index in [9.17, 15) is 9.59 Å². The molecule has 0 saturated carbocycles. The van der Waals surface area contributed by atoms with Crippen LogP contribution in [0.2, 0.25) is 0 Å². The van der Waals surface area contributed by atoms with Gasteiger partial charge in [-0.2, -0.15) is 5.26 Å². The molecule has 1 amide bonds. The van der Waals surface area contributed by atoms with E-state index in [0.717, 1.165) is 5.56 Å². The molecule has 0 aliphatic rings. The van der Waals surface area contributed by atoms with Crippen LogP contribution in [0, 0.1) is 25.2 Å². The van der Waals surface area contributed by atoms with E-state index < -0.39 is 5.97 Å². The van der Waals surface area contributed by atoms with Crippen LogP contribution in [0.1, 0.15) is 56.2 Å². The molecule has 0 radical (unpaired) electrons. The van der Waals surface area contributed by atoms with E-state index in [1.807, 2.05) is 6.92 Å². The average Bonchev–Trinajstić information content (AvgIpc) is 2.88. The second kappa shape index (κ2) is 7.01. The van der Waals surface area contributed by atoms with Gasteiger partial charge in [-0.3, -0.25) is 4.79 Å². The van der Waals surface area contributed by atoms with Crippen LogP contribution < -0.4 is 5.32 Å². The number of aromatic amines is 1. The molecule has 1 unspecified atom stereocenters. The highest BCUT2D eigenvalue weighted by Crippen LogP contribution is 2.20. The van der Waals surface area contributed by atoms with Gasteiger partial charge < -0.3 is 15.0 Å². The molecule has 0 saturated heterocycles. The molecular weight excluding hydrogens is 306 g/mol. The molecule has 2 aromatic rings. The van der Waals surface area contributed by atoms with E-state index >= 15 is 0 Å². The average molecular weight is 325 g/mol. The van der Waals surface area contributed by atoms with Crippen LogP contribution in [0.5, 0.6) is 0 Å². The van der Waals surface area contributed by atoms with Crippen molar-refractivity contribution in [2.45, 2.75) is 26.8 Å². The Labute approximate surface area is 140 Å². The number of hydrogen-bond acceptors (Lipinski definition) is 4. The van der Waals surface area contributed by atoms with Crippen molar-refractivity contribution in [3.63, 3.8) is 0 Å². The maximum atomic E-state index is 12.5. The lowest BCUT2D eigenvalue weighted by Gasteiger charge is -2.14. The van der Waals surface area contributed by atoms with Gasteiger partial charge in [0, 0.05) is 5.69 Å². The quantitative estimate of drug-likeness (QED) is 0.845. The van der Waals surface area contributed by atoms with Gasteiger partial charge in [0.15, 0.2) is 0 Å². The van der Waals surface area contributed by atoms with Crippen molar-refractivity contribution in [3.8, 4) is 6.07 Å². The van der Waals surface area contributed by atoms with E-state index in [1.165, 1.54) is 7.11 Å². The van der Waals surface area contributed by atoms with Crippen LogP contribution in [0.3, 0.4) is 0 Å². The number of amides is 1. The number of methoxy groups -OCH3 is 1. The largest absolute Gasteiger partial charge is 0.465 e. The minimum atomic E-state index is -0.472. The number of nitrogens with one attached hydrogen (secondary N) is 2. The Hall–Kier alpha value is -3.07. The smallest absolute Gasteiger partial charge is 0.339 e. The summed E-state index contributed by atoms with van der Waals surface area (Å²) in [4.78, 5) is 27.2. The SMILES string of the molecule is COC(=O)c1c(C)[nH]c(C(=O)NC(C)c2ccc(C#N)cc2)c1C. The second-order valence-electron chi connectivity index (χ2n) is 5.55. The number of carbonyl (C=O) groups excluding carboxylic acids is 2. The Balaban J connectivity index is 2.20. The summed E-state index contributed by atoms with van der Waals surface area (Å²) in [6.07, 6.45) is 0. The molecular formula is C18H19N3O3. The van der Waals surface area contributed by atoms with Crippen LogP contribution in [0.15, 0.2) is 24.3 Å². The van der Waals surface area contributed by atoms with Gasteiger partial charge in [0.2, 0.25) is 0 Å². The normalized spacial score (nSPS) is 11.5. The molecule has 6 nitrogen and oxygen atoms in total. The van der Waals surface area contributed by atoms with Gasteiger partial charge in [-0.05, 0) is 44.0 Å². The number of nitrogens with zero attached hydrogens (tertiary/aromatic N) is 1. The van der Waals surface area contributed by atoms with Crippen molar-refractivity contribution in [1.29, 1.82) is 5.26 Å². The maximum absolute atomic E-state index is 12.5. The fourth-order valence-corrected chi connectivity index (χ4v) is 2.58. The molecule has 0 aliphatic carbocycles. The van der Waals surface area contributed by atoms with Gasteiger partial charge in [-0.25, -0.2) is 4.79 Å². The van der Waals surface area contributed by atoms with Crippen molar-refractivity contribution in [2.75, 3.05) is 7.11 Å².